The zero-order valence-corrected chi connectivity index (χ0v) is 21.0. The van der Waals surface area contributed by atoms with Crippen LogP contribution in [0.2, 0.25) is 0 Å². The molecule has 1 aliphatic rings. The van der Waals surface area contributed by atoms with E-state index in [0.717, 1.165) is 22.3 Å². The lowest BCUT2D eigenvalue weighted by Crippen LogP contribution is -2.31. The number of methoxy groups -OCH3 is 1. The number of aryl methyl sites for hydroxylation is 2. The molecule has 0 aliphatic carbocycles. The van der Waals surface area contributed by atoms with Crippen LogP contribution in [0.3, 0.4) is 0 Å². The number of hydrogen-bond acceptors (Lipinski definition) is 5. The van der Waals surface area contributed by atoms with E-state index in [1.54, 1.807) is 12.0 Å². The van der Waals surface area contributed by atoms with Crippen molar-refractivity contribution >= 4 is 16.9 Å². The van der Waals surface area contributed by atoms with E-state index in [2.05, 4.69) is 0 Å². The summed E-state index contributed by atoms with van der Waals surface area (Å²) in [5.41, 5.74) is 4.51. The fraction of sp³-hybridized carbons (Fsp3) is 0.267. The van der Waals surface area contributed by atoms with Crippen LogP contribution in [-0.2, 0) is 6.42 Å². The van der Waals surface area contributed by atoms with E-state index in [9.17, 15) is 9.59 Å². The van der Waals surface area contributed by atoms with Crippen LogP contribution in [0.1, 0.15) is 51.3 Å². The number of carbonyl (C=O) groups is 1. The van der Waals surface area contributed by atoms with Crippen molar-refractivity contribution in [3.05, 3.63) is 104 Å². The smallest absolute Gasteiger partial charge is 0.290 e. The van der Waals surface area contributed by atoms with Crippen LogP contribution in [0.4, 0.5) is 0 Å². The molecule has 1 amide bonds. The average Bonchev–Trinajstić information content (AvgIpc) is 3.16. The van der Waals surface area contributed by atoms with Crippen LogP contribution in [0.25, 0.3) is 11.0 Å². The molecule has 6 heteroatoms. The maximum atomic E-state index is 13.9. The topological polar surface area (TPSA) is 69.0 Å². The second-order valence-electron chi connectivity index (χ2n) is 9.09. The Morgan fingerprint density at radius 3 is 2.42 bits per heavy atom. The Morgan fingerprint density at radius 1 is 0.944 bits per heavy atom. The standard InChI is InChI=1S/C30H29NO5/c1-5-35-23-12-11-21(17-25(23)34-4)27-26-28(32)22-15-18(2)19(3)16-24(22)36-29(26)30(33)31(27)14-13-20-9-7-6-8-10-20/h6-12,15-17,27H,5,13-14H2,1-4H3. The lowest BCUT2D eigenvalue weighted by Gasteiger charge is -2.26. The van der Waals surface area contributed by atoms with Gasteiger partial charge in [0.25, 0.3) is 5.91 Å². The SMILES string of the molecule is CCOc1ccc(C2c3c(oc4cc(C)c(C)cc4c3=O)C(=O)N2CCc2ccccc2)cc1OC. The van der Waals surface area contributed by atoms with Crippen molar-refractivity contribution in [2.24, 2.45) is 0 Å². The third-order valence-electron chi connectivity index (χ3n) is 6.87. The quantitative estimate of drug-likeness (QED) is 0.342. The predicted molar refractivity (Wildman–Crippen MR) is 139 cm³/mol. The number of benzene rings is 3. The third-order valence-corrected chi connectivity index (χ3v) is 6.87. The normalized spacial score (nSPS) is 14.8. The maximum absolute atomic E-state index is 13.9. The summed E-state index contributed by atoms with van der Waals surface area (Å²) in [7, 11) is 1.58. The van der Waals surface area contributed by atoms with E-state index in [-0.39, 0.29) is 17.1 Å². The minimum Gasteiger partial charge on any atom is -0.493 e. The highest BCUT2D eigenvalue weighted by molar-refractivity contribution is 5.99. The lowest BCUT2D eigenvalue weighted by atomic mass is 9.97. The summed E-state index contributed by atoms with van der Waals surface area (Å²) < 4.78 is 17.4. The molecular formula is C30H29NO5. The second-order valence-corrected chi connectivity index (χ2v) is 9.09. The van der Waals surface area contributed by atoms with E-state index in [0.29, 0.717) is 47.6 Å². The highest BCUT2D eigenvalue weighted by Gasteiger charge is 2.42. The minimum atomic E-state index is -0.594. The summed E-state index contributed by atoms with van der Waals surface area (Å²) in [6, 6.07) is 18.6. The average molecular weight is 484 g/mol. The first-order valence-corrected chi connectivity index (χ1v) is 12.2. The number of fused-ring (bicyclic) bond motifs is 2. The predicted octanol–water partition coefficient (Wildman–Crippen LogP) is 5.61. The van der Waals surface area contributed by atoms with Crippen molar-refractivity contribution in [3.8, 4) is 11.5 Å². The van der Waals surface area contributed by atoms with Crippen molar-refractivity contribution in [3.63, 3.8) is 0 Å². The zero-order chi connectivity index (χ0) is 25.4. The van der Waals surface area contributed by atoms with Gasteiger partial charge in [-0.3, -0.25) is 9.59 Å². The number of nitrogens with zero attached hydrogens (tertiary/aromatic N) is 1. The molecule has 1 atom stereocenters. The fourth-order valence-electron chi connectivity index (χ4n) is 4.88. The van der Waals surface area contributed by atoms with Crippen LogP contribution in [0.5, 0.6) is 11.5 Å². The van der Waals surface area contributed by atoms with E-state index >= 15 is 0 Å². The number of carbonyl (C=O) groups excluding carboxylic acids is 1. The van der Waals surface area contributed by atoms with E-state index in [1.165, 1.54) is 0 Å². The van der Waals surface area contributed by atoms with Gasteiger partial charge in [0.15, 0.2) is 16.9 Å². The Labute approximate surface area is 210 Å². The van der Waals surface area contributed by atoms with Crippen LogP contribution < -0.4 is 14.9 Å². The van der Waals surface area contributed by atoms with Gasteiger partial charge in [-0.05, 0) is 73.7 Å². The van der Waals surface area contributed by atoms with Gasteiger partial charge in [-0.2, -0.15) is 0 Å². The molecule has 6 nitrogen and oxygen atoms in total. The summed E-state index contributed by atoms with van der Waals surface area (Å²) in [4.78, 5) is 29.3. The zero-order valence-electron chi connectivity index (χ0n) is 21.0. The first-order chi connectivity index (χ1) is 17.4. The molecule has 1 unspecified atom stereocenters. The maximum Gasteiger partial charge on any atom is 0.290 e. The Morgan fingerprint density at radius 2 is 1.69 bits per heavy atom. The van der Waals surface area contributed by atoms with Gasteiger partial charge in [0.05, 0.1) is 30.7 Å². The van der Waals surface area contributed by atoms with E-state index < -0.39 is 6.04 Å². The third kappa shape index (κ3) is 4.02. The molecule has 0 N–H and O–H groups in total. The van der Waals surface area contributed by atoms with Gasteiger partial charge in [0.2, 0.25) is 5.76 Å². The Kier molecular flexibility index (Phi) is 6.27. The number of hydrogen-bond donors (Lipinski definition) is 0. The van der Waals surface area contributed by atoms with Crippen molar-refractivity contribution in [2.75, 3.05) is 20.3 Å². The van der Waals surface area contributed by atoms with Gasteiger partial charge >= 0.3 is 0 Å². The molecule has 3 aromatic carbocycles. The molecule has 2 heterocycles. The van der Waals surface area contributed by atoms with Crippen molar-refractivity contribution in [2.45, 2.75) is 33.2 Å². The van der Waals surface area contributed by atoms with Crippen molar-refractivity contribution in [1.29, 1.82) is 0 Å². The molecule has 184 valence electrons. The largest absolute Gasteiger partial charge is 0.493 e. The van der Waals surface area contributed by atoms with Crippen LogP contribution >= 0.6 is 0 Å². The number of amides is 1. The summed E-state index contributed by atoms with van der Waals surface area (Å²) in [5.74, 6) is 0.994. The van der Waals surface area contributed by atoms with E-state index in [4.69, 9.17) is 13.9 Å². The molecular weight excluding hydrogens is 454 g/mol. The molecule has 0 radical (unpaired) electrons. The highest BCUT2D eigenvalue weighted by Crippen LogP contribution is 2.41. The van der Waals surface area contributed by atoms with Gasteiger partial charge in [-0.1, -0.05) is 36.4 Å². The first-order valence-electron chi connectivity index (χ1n) is 12.2. The molecule has 0 saturated heterocycles. The number of ether oxygens (including phenoxy) is 2. The molecule has 1 aliphatic heterocycles. The molecule has 1 aromatic heterocycles. The molecule has 4 aromatic rings. The molecule has 36 heavy (non-hydrogen) atoms. The van der Waals surface area contributed by atoms with Gasteiger partial charge in [-0.15, -0.1) is 0 Å². The molecule has 0 fully saturated rings. The van der Waals surface area contributed by atoms with Crippen molar-refractivity contribution < 1.29 is 18.7 Å². The first kappa shape index (κ1) is 23.7. The van der Waals surface area contributed by atoms with E-state index in [1.807, 2.05) is 81.4 Å². The molecule has 0 saturated carbocycles. The van der Waals surface area contributed by atoms with Gasteiger partial charge in [0.1, 0.15) is 5.58 Å². The van der Waals surface area contributed by atoms with Crippen LogP contribution in [0, 0.1) is 13.8 Å². The summed E-state index contributed by atoms with van der Waals surface area (Å²) in [6.45, 7) is 6.77. The van der Waals surface area contributed by atoms with Gasteiger partial charge in [-0.25, -0.2) is 0 Å². The monoisotopic (exact) mass is 483 g/mol. The van der Waals surface area contributed by atoms with Crippen LogP contribution in [0.15, 0.2) is 69.9 Å². The Hall–Kier alpha value is -4.06. The van der Waals surface area contributed by atoms with Gasteiger partial charge in [0, 0.05) is 6.54 Å². The van der Waals surface area contributed by atoms with Crippen LogP contribution in [-0.4, -0.2) is 31.1 Å². The van der Waals surface area contributed by atoms with Crippen molar-refractivity contribution in [1.82, 2.24) is 4.90 Å². The molecule has 5 rings (SSSR count). The van der Waals surface area contributed by atoms with Gasteiger partial charge < -0.3 is 18.8 Å². The Balaban J connectivity index is 1.67. The second kappa shape index (κ2) is 9.53. The summed E-state index contributed by atoms with van der Waals surface area (Å²) >= 11 is 0. The Bertz CT molecular complexity index is 1510. The summed E-state index contributed by atoms with van der Waals surface area (Å²) in [6.07, 6.45) is 0.650. The lowest BCUT2D eigenvalue weighted by molar-refractivity contribution is 0.0730. The summed E-state index contributed by atoms with van der Waals surface area (Å²) in [5, 5.41) is 0.484. The fourth-order valence-corrected chi connectivity index (χ4v) is 4.88. The molecule has 0 spiro atoms. The highest BCUT2D eigenvalue weighted by atomic mass is 16.5. The number of rotatable bonds is 7. The minimum absolute atomic E-state index is 0.113. The molecule has 0 bridgehead atoms.